The van der Waals surface area contributed by atoms with E-state index < -0.39 is 0 Å². The smallest absolute Gasteiger partial charge is 0.314 e. The van der Waals surface area contributed by atoms with Crippen LogP contribution in [0.25, 0.3) is 0 Å². The van der Waals surface area contributed by atoms with Crippen molar-refractivity contribution >= 4 is 6.03 Å². The summed E-state index contributed by atoms with van der Waals surface area (Å²) in [7, 11) is 0. The summed E-state index contributed by atoms with van der Waals surface area (Å²) in [5.41, 5.74) is -0.0199. The average Bonchev–Trinajstić information content (AvgIpc) is 2.46. The van der Waals surface area contributed by atoms with Crippen LogP contribution in [-0.2, 0) is 0 Å². The molecule has 0 aliphatic carbocycles. The highest BCUT2D eigenvalue weighted by Gasteiger charge is 2.15. The van der Waals surface area contributed by atoms with E-state index in [9.17, 15) is 4.79 Å². The largest absolute Gasteiger partial charge is 0.396 e. The van der Waals surface area contributed by atoms with Crippen molar-refractivity contribution < 1.29 is 15.0 Å². The summed E-state index contributed by atoms with van der Waals surface area (Å²) in [5.74, 6) is 0.349. The second-order valence-corrected chi connectivity index (χ2v) is 6.75. The molecule has 0 radical (unpaired) electrons. The van der Waals surface area contributed by atoms with Crippen LogP contribution >= 0.6 is 0 Å². The number of carbonyl (C=O) groups excluding carboxylic acids is 1. The van der Waals surface area contributed by atoms with Gasteiger partial charge in [0.2, 0.25) is 0 Å². The maximum absolute atomic E-state index is 11.5. The predicted molar refractivity (Wildman–Crippen MR) is 86.2 cm³/mol. The van der Waals surface area contributed by atoms with Crippen LogP contribution in [0.4, 0.5) is 4.79 Å². The zero-order valence-corrected chi connectivity index (χ0v) is 14.0. The van der Waals surface area contributed by atoms with Crippen molar-refractivity contribution in [1.29, 1.82) is 0 Å². The Labute approximate surface area is 129 Å². The summed E-state index contributed by atoms with van der Waals surface area (Å²) in [6.07, 6.45) is 5.88. The Morgan fingerprint density at radius 1 is 1.05 bits per heavy atom. The highest BCUT2D eigenvalue weighted by molar-refractivity contribution is 5.73. The lowest BCUT2D eigenvalue weighted by molar-refractivity contribution is 0.147. The number of amides is 2. The van der Waals surface area contributed by atoms with E-state index in [1.807, 2.05) is 20.8 Å². The third-order valence-electron chi connectivity index (χ3n) is 3.71. The van der Waals surface area contributed by atoms with Crippen molar-refractivity contribution in [3.8, 4) is 0 Å². The van der Waals surface area contributed by atoms with Crippen LogP contribution in [0.1, 0.15) is 59.3 Å². The van der Waals surface area contributed by atoms with Crippen molar-refractivity contribution in [1.82, 2.24) is 10.6 Å². The molecule has 5 heteroatoms. The fourth-order valence-corrected chi connectivity index (χ4v) is 1.98. The average molecular weight is 302 g/mol. The number of aliphatic hydroxyl groups excluding tert-OH is 2. The maximum Gasteiger partial charge on any atom is 0.314 e. The van der Waals surface area contributed by atoms with Gasteiger partial charge in [0.15, 0.2) is 0 Å². The number of carbonyl (C=O) groups is 1. The van der Waals surface area contributed by atoms with Crippen LogP contribution in [0.15, 0.2) is 0 Å². The minimum absolute atomic E-state index is 0.0199. The van der Waals surface area contributed by atoms with Gasteiger partial charge in [0.05, 0.1) is 0 Å². The third kappa shape index (κ3) is 12.6. The van der Waals surface area contributed by atoms with Crippen molar-refractivity contribution in [3.63, 3.8) is 0 Å². The van der Waals surface area contributed by atoms with Gasteiger partial charge in [0.25, 0.3) is 0 Å². The molecule has 0 saturated heterocycles. The van der Waals surface area contributed by atoms with E-state index in [0.29, 0.717) is 19.0 Å². The number of rotatable bonds is 12. The van der Waals surface area contributed by atoms with Gasteiger partial charge in [-0.1, -0.05) is 33.6 Å². The minimum Gasteiger partial charge on any atom is -0.396 e. The predicted octanol–water partition coefficient (Wildman–Crippen LogP) is 2.27. The fourth-order valence-electron chi connectivity index (χ4n) is 1.98. The normalized spacial score (nSPS) is 13.0. The summed E-state index contributed by atoms with van der Waals surface area (Å²) < 4.78 is 0. The van der Waals surface area contributed by atoms with Crippen LogP contribution in [0.2, 0.25) is 0 Å². The third-order valence-corrected chi connectivity index (χ3v) is 3.71. The Morgan fingerprint density at radius 2 is 1.62 bits per heavy atom. The van der Waals surface area contributed by atoms with Crippen molar-refractivity contribution in [3.05, 3.63) is 0 Å². The number of urea groups is 1. The van der Waals surface area contributed by atoms with E-state index in [0.717, 1.165) is 38.5 Å². The van der Waals surface area contributed by atoms with Gasteiger partial charge < -0.3 is 20.8 Å². The van der Waals surface area contributed by atoms with Gasteiger partial charge in [-0.05, 0) is 37.0 Å². The molecule has 0 aromatic rings. The molecule has 0 rings (SSSR count). The van der Waals surface area contributed by atoms with Gasteiger partial charge in [-0.15, -0.1) is 0 Å². The van der Waals surface area contributed by atoms with Crippen molar-refractivity contribution in [2.75, 3.05) is 26.3 Å². The Kier molecular flexibility index (Phi) is 11.4. The Balaban J connectivity index is 3.39. The molecule has 0 saturated carbocycles. The quantitative estimate of drug-likeness (QED) is 0.417. The first-order chi connectivity index (χ1) is 9.91. The molecule has 126 valence electrons. The lowest BCUT2D eigenvalue weighted by Crippen LogP contribution is -2.36. The molecule has 0 aromatic heterocycles. The molecule has 21 heavy (non-hydrogen) atoms. The highest BCUT2D eigenvalue weighted by atomic mass is 16.3. The molecule has 1 atom stereocenters. The molecular weight excluding hydrogens is 268 g/mol. The number of hydrogen-bond acceptors (Lipinski definition) is 3. The van der Waals surface area contributed by atoms with Crippen LogP contribution in [-0.4, -0.2) is 42.5 Å². The summed E-state index contributed by atoms with van der Waals surface area (Å²) >= 11 is 0. The lowest BCUT2D eigenvalue weighted by atomic mass is 9.88. The molecule has 2 amide bonds. The Bertz CT molecular complexity index is 270. The monoisotopic (exact) mass is 302 g/mol. The first kappa shape index (κ1) is 20.2. The molecule has 0 bridgehead atoms. The second-order valence-electron chi connectivity index (χ2n) is 6.75. The second kappa shape index (κ2) is 11.8. The summed E-state index contributed by atoms with van der Waals surface area (Å²) in [6, 6.07) is -0.105. The van der Waals surface area contributed by atoms with Crippen LogP contribution in [0.5, 0.6) is 0 Å². The zero-order valence-electron chi connectivity index (χ0n) is 14.0. The van der Waals surface area contributed by atoms with E-state index in [-0.39, 0.29) is 24.7 Å². The molecule has 0 spiro atoms. The molecule has 0 heterocycles. The molecule has 0 aliphatic rings. The first-order valence-electron chi connectivity index (χ1n) is 8.14. The number of nitrogens with one attached hydrogen (secondary N) is 2. The molecule has 5 nitrogen and oxygen atoms in total. The molecular formula is C16H34N2O3. The van der Waals surface area contributed by atoms with E-state index >= 15 is 0 Å². The van der Waals surface area contributed by atoms with Crippen LogP contribution in [0, 0.1) is 11.3 Å². The lowest BCUT2D eigenvalue weighted by Gasteiger charge is -2.21. The van der Waals surface area contributed by atoms with E-state index in [2.05, 4.69) is 10.6 Å². The summed E-state index contributed by atoms with van der Waals surface area (Å²) in [6.45, 7) is 7.92. The van der Waals surface area contributed by atoms with Gasteiger partial charge in [-0.25, -0.2) is 4.79 Å². The molecule has 0 aliphatic heterocycles. The Morgan fingerprint density at radius 3 is 2.14 bits per heavy atom. The molecule has 4 N–H and O–H groups in total. The SMILES string of the molecule is CC(CO)CCCCNC(=O)NCCCCC(C)(C)CO. The molecule has 1 unspecified atom stereocenters. The van der Waals surface area contributed by atoms with Crippen molar-refractivity contribution in [2.24, 2.45) is 11.3 Å². The van der Waals surface area contributed by atoms with Crippen LogP contribution < -0.4 is 10.6 Å². The minimum atomic E-state index is -0.105. The molecule has 0 aromatic carbocycles. The molecule has 0 fully saturated rings. The van der Waals surface area contributed by atoms with Gasteiger partial charge in [0, 0.05) is 26.3 Å². The summed E-state index contributed by atoms with van der Waals surface area (Å²) in [5, 5.41) is 23.7. The fraction of sp³-hybridized carbons (Fsp3) is 0.938. The van der Waals surface area contributed by atoms with E-state index in [1.165, 1.54) is 0 Å². The first-order valence-corrected chi connectivity index (χ1v) is 8.14. The van der Waals surface area contributed by atoms with Gasteiger partial charge in [0.1, 0.15) is 0 Å². The highest BCUT2D eigenvalue weighted by Crippen LogP contribution is 2.21. The van der Waals surface area contributed by atoms with Crippen LogP contribution in [0.3, 0.4) is 0 Å². The van der Waals surface area contributed by atoms with E-state index in [4.69, 9.17) is 10.2 Å². The van der Waals surface area contributed by atoms with E-state index in [1.54, 1.807) is 0 Å². The van der Waals surface area contributed by atoms with Gasteiger partial charge in [-0.2, -0.15) is 0 Å². The van der Waals surface area contributed by atoms with Gasteiger partial charge in [-0.3, -0.25) is 0 Å². The number of hydrogen-bond donors (Lipinski definition) is 4. The maximum atomic E-state index is 11.5. The van der Waals surface area contributed by atoms with Gasteiger partial charge >= 0.3 is 6.03 Å². The zero-order chi connectivity index (χ0) is 16.1. The number of unbranched alkanes of at least 4 members (excludes halogenated alkanes) is 2. The topological polar surface area (TPSA) is 81.6 Å². The standard InChI is InChI=1S/C16H34N2O3/c1-14(12-19)8-4-6-10-17-15(21)18-11-7-5-9-16(2,3)13-20/h14,19-20H,4-13H2,1-3H3,(H2,17,18,21). The number of aliphatic hydroxyl groups is 2. The van der Waals surface area contributed by atoms with Crippen molar-refractivity contribution in [2.45, 2.75) is 59.3 Å². The summed E-state index contributed by atoms with van der Waals surface area (Å²) in [4.78, 5) is 11.5. The Hall–Kier alpha value is -0.810.